The number of hydrogen-bond acceptors (Lipinski definition) is 13. The summed E-state index contributed by atoms with van der Waals surface area (Å²) in [5.41, 5.74) is 0. The summed E-state index contributed by atoms with van der Waals surface area (Å²) < 4.78 is 22.9. The van der Waals surface area contributed by atoms with Crippen LogP contribution in [0.4, 0.5) is 0 Å². The standard InChI is InChI=1S/C74H133NO13/c1-3-5-7-9-11-13-15-17-19-21-23-25-27-29-31-33-35-37-39-41-43-45-47-49-51-53-55-57-63(78)62(61-85-73-71(84)69(82)72(65(60-77)87-73)88-74-70(83)68(81)67(80)64(59-76)86-74)75-66(79)58-56-54-52-50-48-46-44-42-40-38-36-34-32-30-28-26-24-22-20-18-16-14-12-10-8-6-4-2/h6,8,12,14,18,20,24,26,30,32,36,38,62-65,67-74,76-78,80-84H,3-5,7,9-11,13,15-17,19,21-23,25,27-29,31,33-35,37,39-61H2,1-2H3,(H,75,79)/b8-6-,14-12-,20-18-,26-24-,32-30-,38-36-. The molecule has 12 unspecified atom stereocenters. The third-order valence-corrected chi connectivity index (χ3v) is 17.4. The molecule has 9 N–H and O–H groups in total. The molecule has 2 heterocycles. The highest BCUT2D eigenvalue weighted by molar-refractivity contribution is 5.76. The highest BCUT2D eigenvalue weighted by Gasteiger charge is 2.51. The Bertz CT molecular complexity index is 1750. The molecule has 2 aliphatic rings. The summed E-state index contributed by atoms with van der Waals surface area (Å²) in [4.78, 5) is 13.4. The normalized spacial score (nSPS) is 23.6. The van der Waals surface area contributed by atoms with Crippen LogP contribution in [0.3, 0.4) is 0 Å². The van der Waals surface area contributed by atoms with E-state index in [1.54, 1.807) is 0 Å². The topological polar surface area (TPSA) is 228 Å². The van der Waals surface area contributed by atoms with Gasteiger partial charge in [-0.15, -0.1) is 0 Å². The lowest BCUT2D eigenvalue weighted by Crippen LogP contribution is -2.65. The molecular weight excluding hydrogens is 1110 g/mol. The molecule has 88 heavy (non-hydrogen) atoms. The first-order valence-corrected chi connectivity index (χ1v) is 36.2. The lowest BCUT2D eigenvalue weighted by Gasteiger charge is -2.46. The van der Waals surface area contributed by atoms with E-state index in [2.05, 4.69) is 92.1 Å². The molecule has 0 aromatic rings. The predicted molar refractivity (Wildman–Crippen MR) is 360 cm³/mol. The van der Waals surface area contributed by atoms with Gasteiger partial charge in [0.1, 0.15) is 48.8 Å². The van der Waals surface area contributed by atoms with Crippen molar-refractivity contribution < 1.29 is 64.6 Å². The molecule has 14 nitrogen and oxygen atoms in total. The quantitative estimate of drug-likeness (QED) is 0.0204. The number of aliphatic hydroxyl groups excluding tert-OH is 8. The minimum atomic E-state index is -1.79. The van der Waals surface area contributed by atoms with Crippen molar-refractivity contribution in [3.63, 3.8) is 0 Å². The van der Waals surface area contributed by atoms with Crippen LogP contribution < -0.4 is 5.32 Å². The minimum absolute atomic E-state index is 0.214. The Morgan fingerprint density at radius 1 is 0.420 bits per heavy atom. The van der Waals surface area contributed by atoms with Crippen molar-refractivity contribution in [2.75, 3.05) is 19.8 Å². The van der Waals surface area contributed by atoms with Gasteiger partial charge in [0.05, 0.1) is 32.0 Å². The van der Waals surface area contributed by atoms with E-state index in [1.165, 1.54) is 173 Å². The van der Waals surface area contributed by atoms with Gasteiger partial charge in [-0.1, -0.05) is 299 Å². The Morgan fingerprint density at radius 2 is 0.784 bits per heavy atom. The van der Waals surface area contributed by atoms with Gasteiger partial charge in [-0.3, -0.25) is 4.79 Å². The third kappa shape index (κ3) is 41.8. The lowest BCUT2D eigenvalue weighted by atomic mass is 9.97. The van der Waals surface area contributed by atoms with E-state index in [4.69, 9.17) is 18.9 Å². The van der Waals surface area contributed by atoms with Crippen LogP contribution in [-0.4, -0.2) is 140 Å². The number of rotatable bonds is 59. The first kappa shape index (κ1) is 81.5. The van der Waals surface area contributed by atoms with Gasteiger partial charge < -0.3 is 65.1 Å². The van der Waals surface area contributed by atoms with Crippen LogP contribution >= 0.6 is 0 Å². The molecule has 0 spiro atoms. The summed E-state index contributed by atoms with van der Waals surface area (Å²) in [7, 11) is 0. The van der Waals surface area contributed by atoms with Crippen molar-refractivity contribution in [3.05, 3.63) is 72.9 Å². The van der Waals surface area contributed by atoms with E-state index in [1.807, 2.05) is 0 Å². The Morgan fingerprint density at radius 3 is 1.20 bits per heavy atom. The highest BCUT2D eigenvalue weighted by Crippen LogP contribution is 2.30. The fraction of sp³-hybridized carbons (Fsp3) is 0.824. The monoisotopic (exact) mass is 1240 g/mol. The maximum Gasteiger partial charge on any atom is 0.220 e. The van der Waals surface area contributed by atoms with Crippen LogP contribution in [-0.2, 0) is 23.7 Å². The molecule has 14 heteroatoms. The second kappa shape index (κ2) is 58.3. The van der Waals surface area contributed by atoms with Crippen molar-refractivity contribution in [1.29, 1.82) is 0 Å². The molecule has 0 bridgehead atoms. The maximum absolute atomic E-state index is 13.4. The molecule has 2 fully saturated rings. The third-order valence-electron chi connectivity index (χ3n) is 17.4. The fourth-order valence-corrected chi connectivity index (χ4v) is 11.7. The largest absolute Gasteiger partial charge is 0.394 e. The molecular formula is C74H133NO13. The first-order valence-electron chi connectivity index (χ1n) is 36.2. The number of carbonyl (C=O) groups is 1. The van der Waals surface area contributed by atoms with E-state index < -0.39 is 86.8 Å². The maximum atomic E-state index is 13.4. The Hall–Kier alpha value is -2.57. The van der Waals surface area contributed by atoms with Crippen molar-refractivity contribution in [1.82, 2.24) is 5.32 Å². The van der Waals surface area contributed by atoms with Gasteiger partial charge in [-0.25, -0.2) is 0 Å². The molecule has 512 valence electrons. The van der Waals surface area contributed by atoms with Crippen molar-refractivity contribution in [2.24, 2.45) is 0 Å². The minimum Gasteiger partial charge on any atom is -0.394 e. The van der Waals surface area contributed by atoms with E-state index in [0.29, 0.717) is 19.3 Å². The van der Waals surface area contributed by atoms with Gasteiger partial charge in [-0.05, 0) is 64.2 Å². The van der Waals surface area contributed by atoms with E-state index in [0.717, 1.165) is 89.9 Å². The molecule has 0 aromatic carbocycles. The first-order chi connectivity index (χ1) is 43.1. The zero-order valence-electron chi connectivity index (χ0n) is 55.7. The van der Waals surface area contributed by atoms with Crippen molar-refractivity contribution in [3.8, 4) is 0 Å². The molecule has 2 saturated heterocycles. The summed E-state index contributed by atoms with van der Waals surface area (Å²) in [5.74, 6) is -0.214. The van der Waals surface area contributed by atoms with Gasteiger partial charge in [0.2, 0.25) is 5.91 Å². The van der Waals surface area contributed by atoms with Gasteiger partial charge in [0.15, 0.2) is 12.6 Å². The SMILES string of the molecule is CC/C=C\C/C=C\C/C=C\C/C=C\C/C=C\C/C=C\CCCCCCCCCCC(=O)NC(COC1OC(CO)C(OC2OC(CO)C(O)C(O)C2O)C(O)C1O)C(O)CCCCCCCCCCCCCCCCCCCCCCCCCCCCC. The number of hydrogen-bond donors (Lipinski definition) is 9. The second-order valence-electron chi connectivity index (χ2n) is 25.3. The average Bonchev–Trinajstić information content (AvgIpc) is 1.93. The van der Waals surface area contributed by atoms with E-state index >= 15 is 0 Å². The molecule has 0 saturated carbocycles. The zero-order valence-corrected chi connectivity index (χ0v) is 55.7. The summed E-state index contributed by atoms with van der Waals surface area (Å²) in [6.45, 7) is 2.78. The number of amides is 1. The number of nitrogens with one attached hydrogen (secondary N) is 1. The second-order valence-corrected chi connectivity index (χ2v) is 25.3. The Balaban J connectivity index is 1.67. The van der Waals surface area contributed by atoms with Gasteiger partial charge in [-0.2, -0.15) is 0 Å². The Kier molecular flexibility index (Phi) is 54.0. The summed E-state index contributed by atoms with van der Waals surface area (Å²) in [5, 5.41) is 87.7. The van der Waals surface area contributed by atoms with Crippen LogP contribution in [0.1, 0.15) is 296 Å². The Labute approximate surface area is 536 Å². The van der Waals surface area contributed by atoms with Crippen LogP contribution in [0.2, 0.25) is 0 Å². The molecule has 12 atom stereocenters. The van der Waals surface area contributed by atoms with Gasteiger partial charge >= 0.3 is 0 Å². The van der Waals surface area contributed by atoms with Gasteiger partial charge in [0.25, 0.3) is 0 Å². The molecule has 2 aliphatic heterocycles. The summed E-state index contributed by atoms with van der Waals surface area (Å²) in [6, 6.07) is -0.840. The summed E-state index contributed by atoms with van der Waals surface area (Å²) in [6.07, 6.45) is 61.9. The van der Waals surface area contributed by atoms with Crippen LogP contribution in [0.5, 0.6) is 0 Å². The van der Waals surface area contributed by atoms with Crippen molar-refractivity contribution in [2.45, 2.75) is 370 Å². The molecule has 2 rings (SSSR count). The molecule has 0 radical (unpaired) electrons. The van der Waals surface area contributed by atoms with Crippen LogP contribution in [0.15, 0.2) is 72.9 Å². The molecule has 0 aromatic heterocycles. The zero-order chi connectivity index (χ0) is 63.8. The number of unbranched alkanes of at least 4 members (excludes halogenated alkanes) is 34. The molecule has 0 aliphatic carbocycles. The summed E-state index contributed by atoms with van der Waals surface area (Å²) >= 11 is 0. The van der Waals surface area contributed by atoms with Crippen LogP contribution in [0.25, 0.3) is 0 Å². The highest BCUT2D eigenvalue weighted by atomic mass is 16.7. The fourth-order valence-electron chi connectivity index (χ4n) is 11.7. The number of ether oxygens (including phenoxy) is 4. The van der Waals surface area contributed by atoms with Crippen LogP contribution in [0, 0.1) is 0 Å². The molecule has 1 amide bonds. The smallest absolute Gasteiger partial charge is 0.220 e. The van der Waals surface area contributed by atoms with E-state index in [-0.39, 0.29) is 12.5 Å². The number of aliphatic hydroxyl groups is 8. The van der Waals surface area contributed by atoms with E-state index in [9.17, 15) is 45.6 Å². The average molecular weight is 1240 g/mol. The lowest BCUT2D eigenvalue weighted by molar-refractivity contribution is -0.359. The van der Waals surface area contributed by atoms with Crippen molar-refractivity contribution >= 4 is 5.91 Å². The van der Waals surface area contributed by atoms with Gasteiger partial charge in [0, 0.05) is 6.42 Å². The number of allylic oxidation sites excluding steroid dienone is 12. The number of carbonyl (C=O) groups excluding carboxylic acids is 1. The predicted octanol–water partition coefficient (Wildman–Crippen LogP) is 15.0.